The second-order valence-electron chi connectivity index (χ2n) is 7.60. The van der Waals surface area contributed by atoms with Crippen molar-refractivity contribution in [1.82, 2.24) is 10.2 Å². The maximum Gasteiger partial charge on any atom is 0.0358 e. The molecule has 3 unspecified atom stereocenters. The van der Waals surface area contributed by atoms with Gasteiger partial charge in [-0.25, -0.2) is 0 Å². The predicted molar refractivity (Wildman–Crippen MR) is 94.9 cm³/mol. The van der Waals surface area contributed by atoms with Crippen LogP contribution in [0.3, 0.4) is 0 Å². The molecule has 2 nitrogen and oxygen atoms in total. The van der Waals surface area contributed by atoms with Crippen LogP contribution in [0.5, 0.6) is 0 Å². The van der Waals surface area contributed by atoms with E-state index in [0.29, 0.717) is 11.6 Å². The second-order valence-corrected chi connectivity index (χ2v) is 7.60. The normalized spacial score (nSPS) is 28.0. The summed E-state index contributed by atoms with van der Waals surface area (Å²) in [5.74, 6) is 0.876. The molecule has 21 heavy (non-hydrogen) atoms. The minimum absolute atomic E-state index is 0.385. The lowest BCUT2D eigenvalue weighted by atomic mass is 9.70. The van der Waals surface area contributed by atoms with Crippen molar-refractivity contribution in [1.29, 1.82) is 0 Å². The molecule has 1 aliphatic rings. The molecule has 126 valence electrons. The van der Waals surface area contributed by atoms with Crippen molar-refractivity contribution in [2.45, 2.75) is 96.1 Å². The van der Waals surface area contributed by atoms with Gasteiger partial charge in [0.15, 0.2) is 0 Å². The van der Waals surface area contributed by atoms with Crippen molar-refractivity contribution in [3.05, 3.63) is 0 Å². The van der Waals surface area contributed by atoms with Gasteiger partial charge < -0.3 is 10.2 Å². The van der Waals surface area contributed by atoms with Crippen LogP contribution in [0, 0.1) is 5.92 Å². The summed E-state index contributed by atoms with van der Waals surface area (Å²) < 4.78 is 0. The monoisotopic (exact) mass is 296 g/mol. The Morgan fingerprint density at radius 3 is 2.38 bits per heavy atom. The molecule has 2 heteroatoms. The van der Waals surface area contributed by atoms with E-state index in [-0.39, 0.29) is 0 Å². The molecule has 1 N–H and O–H groups in total. The van der Waals surface area contributed by atoms with Gasteiger partial charge in [0.2, 0.25) is 0 Å². The van der Waals surface area contributed by atoms with Gasteiger partial charge in [0, 0.05) is 11.6 Å². The highest BCUT2D eigenvalue weighted by Gasteiger charge is 2.42. The molecule has 0 aromatic carbocycles. The number of unbranched alkanes of at least 4 members (excludes halogenated alkanes) is 5. The largest absolute Gasteiger partial charge is 0.315 e. The van der Waals surface area contributed by atoms with E-state index in [9.17, 15) is 0 Å². The molecular formula is C19H40N2. The summed E-state index contributed by atoms with van der Waals surface area (Å²) in [5, 5.41) is 3.67. The number of nitrogens with zero attached hydrogens (tertiary/aromatic N) is 1. The van der Waals surface area contributed by atoms with Crippen LogP contribution >= 0.6 is 0 Å². The van der Waals surface area contributed by atoms with Crippen LogP contribution in [0.15, 0.2) is 0 Å². The standard InChI is InChI=1S/C19H40N2/c1-6-7-8-9-10-11-14-18(20-3)19(21(4)5)15-12-13-17(2)16-19/h17-18,20H,6-16H2,1-5H3. The van der Waals surface area contributed by atoms with E-state index in [2.05, 4.69) is 45.2 Å². The van der Waals surface area contributed by atoms with Crippen LogP contribution in [0.2, 0.25) is 0 Å². The number of rotatable bonds is 10. The summed E-state index contributed by atoms with van der Waals surface area (Å²) in [6.45, 7) is 4.73. The molecule has 0 aliphatic heterocycles. The molecule has 0 radical (unpaired) electrons. The van der Waals surface area contributed by atoms with Crippen LogP contribution in [0.1, 0.15) is 84.5 Å². The van der Waals surface area contributed by atoms with Gasteiger partial charge in [-0.2, -0.15) is 0 Å². The average Bonchev–Trinajstić information content (AvgIpc) is 2.46. The summed E-state index contributed by atoms with van der Waals surface area (Å²) in [6.07, 6.45) is 15.3. The predicted octanol–water partition coefficient (Wildman–Crippen LogP) is 4.84. The summed E-state index contributed by atoms with van der Waals surface area (Å²) in [6, 6.07) is 0.654. The third kappa shape index (κ3) is 5.56. The molecule has 1 rings (SSSR count). The Hall–Kier alpha value is -0.0800. The topological polar surface area (TPSA) is 15.3 Å². The molecule has 0 heterocycles. The van der Waals surface area contributed by atoms with E-state index in [1.165, 1.54) is 70.6 Å². The lowest BCUT2D eigenvalue weighted by molar-refractivity contribution is 0.0360. The fourth-order valence-corrected chi connectivity index (χ4v) is 4.41. The van der Waals surface area contributed by atoms with E-state index < -0.39 is 0 Å². The quantitative estimate of drug-likeness (QED) is 0.581. The van der Waals surface area contributed by atoms with Crippen LogP contribution in [0.4, 0.5) is 0 Å². The molecule has 0 aromatic heterocycles. The Morgan fingerprint density at radius 1 is 1.14 bits per heavy atom. The minimum Gasteiger partial charge on any atom is -0.315 e. The third-order valence-corrected chi connectivity index (χ3v) is 5.74. The highest BCUT2D eigenvalue weighted by molar-refractivity contribution is 5.01. The molecule has 1 saturated carbocycles. The lowest BCUT2D eigenvalue weighted by Crippen LogP contribution is -2.60. The molecule has 0 aromatic rings. The van der Waals surface area contributed by atoms with Crippen molar-refractivity contribution >= 4 is 0 Å². The number of likely N-dealkylation sites (N-methyl/N-ethyl adjacent to an activating group) is 2. The summed E-state index contributed by atoms with van der Waals surface area (Å²) in [5.41, 5.74) is 0.385. The molecular weight excluding hydrogens is 256 g/mol. The molecule has 0 spiro atoms. The van der Waals surface area contributed by atoms with Gasteiger partial charge in [-0.1, -0.05) is 65.2 Å². The van der Waals surface area contributed by atoms with E-state index in [1.807, 2.05) is 0 Å². The smallest absolute Gasteiger partial charge is 0.0358 e. The van der Waals surface area contributed by atoms with Gasteiger partial charge in [0.25, 0.3) is 0 Å². The number of nitrogens with one attached hydrogen (secondary N) is 1. The highest BCUT2D eigenvalue weighted by Crippen LogP contribution is 2.39. The maximum atomic E-state index is 3.67. The van der Waals surface area contributed by atoms with Crippen LogP contribution in [-0.2, 0) is 0 Å². The molecule has 0 bridgehead atoms. The Labute approximate surface area is 134 Å². The van der Waals surface area contributed by atoms with Crippen LogP contribution in [-0.4, -0.2) is 37.6 Å². The first-order valence-electron chi connectivity index (χ1n) is 9.41. The fraction of sp³-hybridized carbons (Fsp3) is 1.00. The zero-order chi connectivity index (χ0) is 15.7. The first-order valence-corrected chi connectivity index (χ1v) is 9.41. The Morgan fingerprint density at radius 2 is 1.81 bits per heavy atom. The molecule has 0 amide bonds. The van der Waals surface area contributed by atoms with Gasteiger partial charge >= 0.3 is 0 Å². The van der Waals surface area contributed by atoms with Crippen LogP contribution < -0.4 is 5.32 Å². The lowest BCUT2D eigenvalue weighted by Gasteiger charge is -2.50. The van der Waals surface area contributed by atoms with E-state index in [4.69, 9.17) is 0 Å². The first kappa shape index (κ1) is 19.0. The summed E-state index contributed by atoms with van der Waals surface area (Å²) in [4.78, 5) is 2.53. The fourth-order valence-electron chi connectivity index (χ4n) is 4.41. The molecule has 3 atom stereocenters. The highest BCUT2D eigenvalue weighted by atomic mass is 15.2. The van der Waals surface area contributed by atoms with Gasteiger partial charge in [0.1, 0.15) is 0 Å². The van der Waals surface area contributed by atoms with Gasteiger partial charge in [-0.15, -0.1) is 0 Å². The Balaban J connectivity index is 2.50. The first-order chi connectivity index (χ1) is 10.1. The van der Waals surface area contributed by atoms with E-state index in [1.54, 1.807) is 0 Å². The van der Waals surface area contributed by atoms with E-state index >= 15 is 0 Å². The zero-order valence-electron chi connectivity index (χ0n) is 15.4. The number of hydrogen-bond acceptors (Lipinski definition) is 2. The van der Waals surface area contributed by atoms with Crippen LogP contribution in [0.25, 0.3) is 0 Å². The van der Waals surface area contributed by atoms with Gasteiger partial charge in [0.05, 0.1) is 0 Å². The molecule has 0 saturated heterocycles. The Kier molecular flexibility index (Phi) is 8.89. The van der Waals surface area contributed by atoms with Crippen molar-refractivity contribution in [2.24, 2.45) is 5.92 Å². The van der Waals surface area contributed by atoms with Crippen molar-refractivity contribution in [3.8, 4) is 0 Å². The van der Waals surface area contributed by atoms with E-state index in [0.717, 1.165) is 5.92 Å². The average molecular weight is 297 g/mol. The summed E-state index contributed by atoms with van der Waals surface area (Å²) in [7, 11) is 6.76. The Bertz CT molecular complexity index is 264. The third-order valence-electron chi connectivity index (χ3n) is 5.74. The minimum atomic E-state index is 0.385. The molecule has 1 aliphatic carbocycles. The van der Waals surface area contributed by atoms with Crippen molar-refractivity contribution < 1.29 is 0 Å². The van der Waals surface area contributed by atoms with Gasteiger partial charge in [-0.3, -0.25) is 0 Å². The summed E-state index contributed by atoms with van der Waals surface area (Å²) >= 11 is 0. The van der Waals surface area contributed by atoms with Gasteiger partial charge in [-0.05, 0) is 46.3 Å². The van der Waals surface area contributed by atoms with Crippen molar-refractivity contribution in [2.75, 3.05) is 21.1 Å². The molecule has 1 fully saturated rings. The number of hydrogen-bond donors (Lipinski definition) is 1. The van der Waals surface area contributed by atoms with Crippen molar-refractivity contribution in [3.63, 3.8) is 0 Å². The zero-order valence-corrected chi connectivity index (χ0v) is 15.4. The maximum absolute atomic E-state index is 3.67. The SMILES string of the molecule is CCCCCCCCC(NC)C1(N(C)C)CCCC(C)C1. The second kappa shape index (κ2) is 9.84.